The van der Waals surface area contributed by atoms with Crippen molar-refractivity contribution in [2.24, 2.45) is 0 Å². The standard InChI is InChI=1S/C15H16BrNOS/c16-11-2-1-3-15(8-11)19-10-14-7-6-13(18-14)9-17-12-4-5-12/h1-3,6-8,12,17H,4-5,9-10H2. The molecule has 0 saturated heterocycles. The van der Waals surface area contributed by atoms with Crippen LogP contribution < -0.4 is 5.32 Å². The average Bonchev–Trinajstić information content (AvgIpc) is 3.13. The van der Waals surface area contributed by atoms with Gasteiger partial charge in [0, 0.05) is 15.4 Å². The van der Waals surface area contributed by atoms with Crippen LogP contribution in [0.5, 0.6) is 0 Å². The fourth-order valence-corrected chi connectivity index (χ4v) is 3.24. The van der Waals surface area contributed by atoms with Gasteiger partial charge in [0.2, 0.25) is 0 Å². The third-order valence-electron chi connectivity index (χ3n) is 3.04. The van der Waals surface area contributed by atoms with E-state index in [0.717, 1.165) is 34.3 Å². The molecule has 100 valence electrons. The first kappa shape index (κ1) is 13.3. The van der Waals surface area contributed by atoms with E-state index in [1.165, 1.54) is 17.7 Å². The quantitative estimate of drug-likeness (QED) is 0.780. The van der Waals surface area contributed by atoms with E-state index in [2.05, 4.69) is 51.6 Å². The Kier molecular flexibility index (Phi) is 4.31. The Balaban J connectivity index is 1.51. The van der Waals surface area contributed by atoms with E-state index in [-0.39, 0.29) is 0 Å². The van der Waals surface area contributed by atoms with Gasteiger partial charge in [-0.25, -0.2) is 0 Å². The summed E-state index contributed by atoms with van der Waals surface area (Å²) < 4.78 is 6.94. The Morgan fingerprint density at radius 1 is 1.21 bits per heavy atom. The molecule has 0 spiro atoms. The first-order valence-corrected chi connectivity index (χ1v) is 8.27. The number of thioether (sulfide) groups is 1. The van der Waals surface area contributed by atoms with Crippen molar-refractivity contribution in [3.05, 3.63) is 52.4 Å². The summed E-state index contributed by atoms with van der Waals surface area (Å²) in [5.74, 6) is 2.95. The molecule has 19 heavy (non-hydrogen) atoms. The molecule has 1 heterocycles. The number of hydrogen-bond acceptors (Lipinski definition) is 3. The van der Waals surface area contributed by atoms with Gasteiger partial charge >= 0.3 is 0 Å². The van der Waals surface area contributed by atoms with Crippen LogP contribution in [0.4, 0.5) is 0 Å². The molecule has 1 aliphatic carbocycles. The first-order chi connectivity index (χ1) is 9.29. The highest BCUT2D eigenvalue weighted by molar-refractivity contribution is 9.10. The second-order valence-electron chi connectivity index (χ2n) is 4.77. The molecule has 0 bridgehead atoms. The fraction of sp³-hybridized carbons (Fsp3) is 0.333. The molecule has 1 aromatic heterocycles. The van der Waals surface area contributed by atoms with Gasteiger partial charge in [0.1, 0.15) is 11.5 Å². The van der Waals surface area contributed by atoms with Crippen LogP contribution in [0.3, 0.4) is 0 Å². The predicted molar refractivity (Wildman–Crippen MR) is 82.3 cm³/mol. The highest BCUT2D eigenvalue weighted by atomic mass is 79.9. The number of hydrogen-bond donors (Lipinski definition) is 1. The third-order valence-corrected chi connectivity index (χ3v) is 4.55. The lowest BCUT2D eigenvalue weighted by Crippen LogP contribution is -2.14. The molecule has 1 N–H and O–H groups in total. The van der Waals surface area contributed by atoms with Gasteiger partial charge in [-0.1, -0.05) is 22.0 Å². The summed E-state index contributed by atoms with van der Waals surface area (Å²) in [4.78, 5) is 1.25. The summed E-state index contributed by atoms with van der Waals surface area (Å²) in [6.45, 7) is 0.853. The smallest absolute Gasteiger partial charge is 0.118 e. The van der Waals surface area contributed by atoms with E-state index >= 15 is 0 Å². The number of halogens is 1. The Labute approximate surface area is 126 Å². The number of rotatable bonds is 6. The molecule has 1 aromatic carbocycles. The largest absolute Gasteiger partial charge is 0.464 e. The van der Waals surface area contributed by atoms with Gasteiger partial charge in [0.25, 0.3) is 0 Å². The van der Waals surface area contributed by atoms with Crippen LogP contribution in [-0.4, -0.2) is 6.04 Å². The Morgan fingerprint density at radius 3 is 2.84 bits per heavy atom. The summed E-state index contributed by atoms with van der Waals surface area (Å²) >= 11 is 5.28. The van der Waals surface area contributed by atoms with Crippen LogP contribution in [-0.2, 0) is 12.3 Å². The van der Waals surface area contributed by atoms with Crippen molar-refractivity contribution in [3.8, 4) is 0 Å². The zero-order valence-corrected chi connectivity index (χ0v) is 13.0. The highest BCUT2D eigenvalue weighted by Crippen LogP contribution is 2.26. The lowest BCUT2D eigenvalue weighted by Gasteiger charge is -2.01. The Hall–Kier alpha value is -0.710. The number of furan rings is 1. The van der Waals surface area contributed by atoms with Gasteiger partial charge in [0.05, 0.1) is 12.3 Å². The van der Waals surface area contributed by atoms with Gasteiger partial charge < -0.3 is 9.73 Å². The predicted octanol–water partition coefficient (Wildman–Crippen LogP) is 4.59. The molecule has 4 heteroatoms. The number of nitrogens with one attached hydrogen (secondary N) is 1. The SMILES string of the molecule is Brc1cccc(SCc2ccc(CNC3CC3)o2)c1. The van der Waals surface area contributed by atoms with E-state index in [0.29, 0.717) is 0 Å². The average molecular weight is 338 g/mol. The van der Waals surface area contributed by atoms with Crippen molar-refractivity contribution in [3.63, 3.8) is 0 Å². The lowest BCUT2D eigenvalue weighted by atomic mass is 10.4. The summed E-state index contributed by atoms with van der Waals surface area (Å²) in [5, 5.41) is 3.46. The monoisotopic (exact) mass is 337 g/mol. The first-order valence-electron chi connectivity index (χ1n) is 6.49. The lowest BCUT2D eigenvalue weighted by molar-refractivity contribution is 0.458. The summed E-state index contributed by atoms with van der Waals surface area (Å²) in [5.41, 5.74) is 0. The van der Waals surface area contributed by atoms with E-state index < -0.39 is 0 Å². The second-order valence-corrected chi connectivity index (χ2v) is 6.73. The van der Waals surface area contributed by atoms with Crippen molar-refractivity contribution in [1.29, 1.82) is 0 Å². The molecule has 3 rings (SSSR count). The van der Waals surface area contributed by atoms with Crippen LogP contribution in [0.15, 0.2) is 50.2 Å². The molecule has 2 nitrogen and oxygen atoms in total. The van der Waals surface area contributed by atoms with Gasteiger partial charge in [-0.15, -0.1) is 11.8 Å². The second kappa shape index (κ2) is 6.16. The van der Waals surface area contributed by atoms with Crippen LogP contribution >= 0.6 is 27.7 Å². The molecule has 1 aliphatic rings. The Morgan fingerprint density at radius 2 is 2.05 bits per heavy atom. The minimum Gasteiger partial charge on any atom is -0.464 e. The van der Waals surface area contributed by atoms with Crippen molar-refractivity contribution in [2.45, 2.75) is 36.1 Å². The fourth-order valence-electron chi connectivity index (χ4n) is 1.84. The summed E-state index contributed by atoms with van der Waals surface area (Å²) in [6.07, 6.45) is 2.62. The van der Waals surface area contributed by atoms with Crippen LogP contribution in [0, 0.1) is 0 Å². The normalized spacial score (nSPS) is 14.8. The molecule has 1 saturated carbocycles. The van der Waals surface area contributed by atoms with Crippen molar-refractivity contribution < 1.29 is 4.42 Å². The van der Waals surface area contributed by atoms with E-state index in [4.69, 9.17) is 4.42 Å². The highest BCUT2D eigenvalue weighted by Gasteiger charge is 2.20. The van der Waals surface area contributed by atoms with E-state index in [1.807, 2.05) is 6.07 Å². The Bertz CT molecular complexity index is 551. The summed E-state index contributed by atoms with van der Waals surface area (Å²) in [7, 11) is 0. The van der Waals surface area contributed by atoms with Gasteiger partial charge in [-0.2, -0.15) is 0 Å². The minimum atomic E-state index is 0.726. The molecule has 0 radical (unpaired) electrons. The minimum absolute atomic E-state index is 0.726. The molecular formula is C15H16BrNOS. The zero-order valence-electron chi connectivity index (χ0n) is 10.6. The third kappa shape index (κ3) is 4.13. The van der Waals surface area contributed by atoms with Crippen molar-refractivity contribution in [2.75, 3.05) is 0 Å². The molecule has 0 atom stereocenters. The van der Waals surface area contributed by atoms with Crippen molar-refractivity contribution >= 4 is 27.7 Å². The van der Waals surface area contributed by atoms with Gasteiger partial charge in [-0.05, 0) is 43.2 Å². The molecule has 1 fully saturated rings. The number of benzene rings is 1. The van der Waals surface area contributed by atoms with Crippen molar-refractivity contribution in [1.82, 2.24) is 5.32 Å². The topological polar surface area (TPSA) is 25.2 Å². The molecule has 2 aromatic rings. The molecule has 0 unspecified atom stereocenters. The van der Waals surface area contributed by atoms with Crippen LogP contribution in [0.2, 0.25) is 0 Å². The van der Waals surface area contributed by atoms with Gasteiger partial charge in [0.15, 0.2) is 0 Å². The zero-order chi connectivity index (χ0) is 13.1. The van der Waals surface area contributed by atoms with Crippen LogP contribution in [0.1, 0.15) is 24.4 Å². The maximum atomic E-state index is 5.82. The molecule has 0 amide bonds. The maximum Gasteiger partial charge on any atom is 0.118 e. The summed E-state index contributed by atoms with van der Waals surface area (Å²) in [6, 6.07) is 13.2. The van der Waals surface area contributed by atoms with E-state index in [1.54, 1.807) is 11.8 Å². The van der Waals surface area contributed by atoms with Crippen LogP contribution in [0.25, 0.3) is 0 Å². The van der Waals surface area contributed by atoms with Gasteiger partial charge in [-0.3, -0.25) is 0 Å². The van der Waals surface area contributed by atoms with E-state index in [9.17, 15) is 0 Å². The molecular weight excluding hydrogens is 322 g/mol. The molecule has 0 aliphatic heterocycles. The maximum absolute atomic E-state index is 5.82.